The highest BCUT2D eigenvalue weighted by Crippen LogP contribution is 2.45. The number of rotatable bonds is 7. The third kappa shape index (κ3) is 5.94. The average Bonchev–Trinajstić information content (AvgIpc) is 2.58. The van der Waals surface area contributed by atoms with Gasteiger partial charge in [-0.15, -0.1) is 0 Å². The van der Waals surface area contributed by atoms with Crippen LogP contribution in [0.25, 0.3) is 0 Å². The van der Waals surface area contributed by atoms with Crippen LogP contribution in [-0.4, -0.2) is 22.2 Å². The number of carboxylic acids is 2. The minimum atomic E-state index is -0.995. The van der Waals surface area contributed by atoms with Crippen molar-refractivity contribution in [2.75, 3.05) is 0 Å². The van der Waals surface area contributed by atoms with E-state index < -0.39 is 11.9 Å². The molecule has 24 heavy (non-hydrogen) atoms. The van der Waals surface area contributed by atoms with Crippen LogP contribution >= 0.6 is 21.6 Å². The molecule has 0 aromatic rings. The summed E-state index contributed by atoms with van der Waals surface area (Å²) in [7, 11) is 2.64. The summed E-state index contributed by atoms with van der Waals surface area (Å²) >= 11 is 0. The Morgan fingerprint density at radius 2 is 1.21 bits per heavy atom. The van der Waals surface area contributed by atoms with Gasteiger partial charge in [-0.1, -0.05) is 70.2 Å². The van der Waals surface area contributed by atoms with Crippen LogP contribution < -0.4 is 0 Å². The molecule has 4 nitrogen and oxygen atoms in total. The Balaban J connectivity index is 2.12. The zero-order valence-corrected chi connectivity index (χ0v) is 14.5. The first-order valence-corrected chi connectivity index (χ1v) is 9.61. The minimum Gasteiger partial charge on any atom is -0.478 e. The van der Waals surface area contributed by atoms with Crippen molar-refractivity contribution in [3.63, 3.8) is 0 Å². The molecular formula is C18H18O4S2. The molecule has 0 saturated heterocycles. The van der Waals surface area contributed by atoms with E-state index in [0.717, 1.165) is 12.8 Å². The third-order valence-corrected chi connectivity index (χ3v) is 6.17. The van der Waals surface area contributed by atoms with Crippen LogP contribution in [-0.2, 0) is 9.59 Å². The molecule has 0 aromatic carbocycles. The van der Waals surface area contributed by atoms with Gasteiger partial charge in [0, 0.05) is 33.8 Å². The molecule has 0 aromatic heterocycles. The monoisotopic (exact) mass is 362 g/mol. The zero-order valence-electron chi connectivity index (χ0n) is 12.9. The SMILES string of the molecule is O=C(O)C=C(SSC(=CC(=O)O)C1C=CC=CC1)C1C=CC=CC1. The van der Waals surface area contributed by atoms with Crippen molar-refractivity contribution in [2.45, 2.75) is 12.8 Å². The van der Waals surface area contributed by atoms with Crippen LogP contribution in [0.2, 0.25) is 0 Å². The van der Waals surface area contributed by atoms with E-state index in [1.54, 1.807) is 0 Å². The van der Waals surface area contributed by atoms with Crippen LogP contribution in [0.3, 0.4) is 0 Å². The molecule has 2 atom stereocenters. The quantitative estimate of drug-likeness (QED) is 0.510. The van der Waals surface area contributed by atoms with E-state index >= 15 is 0 Å². The second-order valence-electron chi connectivity index (χ2n) is 5.25. The smallest absolute Gasteiger partial charge is 0.329 e. The second kappa shape index (κ2) is 9.39. The molecule has 2 rings (SSSR count). The lowest BCUT2D eigenvalue weighted by molar-refractivity contribution is -0.132. The summed E-state index contributed by atoms with van der Waals surface area (Å²) in [6, 6.07) is 0. The van der Waals surface area contributed by atoms with Gasteiger partial charge in [0.15, 0.2) is 0 Å². The maximum Gasteiger partial charge on any atom is 0.329 e. The Morgan fingerprint density at radius 1 is 0.792 bits per heavy atom. The summed E-state index contributed by atoms with van der Waals surface area (Å²) in [5.74, 6) is -1.97. The Kier molecular flexibility index (Phi) is 7.21. The van der Waals surface area contributed by atoms with Crippen molar-refractivity contribution in [1.82, 2.24) is 0 Å². The molecule has 6 heteroatoms. The molecule has 0 heterocycles. The van der Waals surface area contributed by atoms with E-state index in [1.807, 2.05) is 48.6 Å². The predicted molar refractivity (Wildman–Crippen MR) is 99.4 cm³/mol. The molecule has 0 amide bonds. The largest absolute Gasteiger partial charge is 0.478 e. The number of carboxylic acid groups (broad SMARTS) is 2. The average molecular weight is 362 g/mol. The maximum atomic E-state index is 11.1. The van der Waals surface area contributed by atoms with E-state index in [4.69, 9.17) is 10.2 Å². The van der Waals surface area contributed by atoms with Crippen LogP contribution in [0.1, 0.15) is 12.8 Å². The van der Waals surface area contributed by atoms with E-state index in [1.165, 1.54) is 33.7 Å². The fourth-order valence-electron chi connectivity index (χ4n) is 2.31. The standard InChI is InChI=1S/C18H18O4S2/c19-17(20)11-15(13-7-3-1-4-8-13)23-24-16(12-18(21)22)14-9-5-2-6-10-14/h1-7,9,11-14H,8,10H2,(H,19,20)(H,21,22). The fraction of sp³-hybridized carbons (Fsp3) is 0.222. The highest BCUT2D eigenvalue weighted by molar-refractivity contribution is 8.79. The summed E-state index contributed by atoms with van der Waals surface area (Å²) in [6.07, 6.45) is 19.5. The topological polar surface area (TPSA) is 74.6 Å². The van der Waals surface area contributed by atoms with Crippen molar-refractivity contribution in [1.29, 1.82) is 0 Å². The molecule has 0 radical (unpaired) electrons. The molecular weight excluding hydrogens is 344 g/mol. The van der Waals surface area contributed by atoms with Crippen molar-refractivity contribution < 1.29 is 19.8 Å². The number of carbonyl (C=O) groups is 2. The molecule has 0 spiro atoms. The zero-order chi connectivity index (χ0) is 17.4. The Morgan fingerprint density at radius 3 is 1.50 bits per heavy atom. The summed E-state index contributed by atoms with van der Waals surface area (Å²) in [5.41, 5.74) is 0. The van der Waals surface area contributed by atoms with Gasteiger partial charge in [0.2, 0.25) is 0 Å². The molecule has 2 aliphatic rings. The Labute approximate surface area is 148 Å². The lowest BCUT2D eigenvalue weighted by atomic mass is 10.0. The van der Waals surface area contributed by atoms with E-state index in [0.29, 0.717) is 9.81 Å². The van der Waals surface area contributed by atoms with Gasteiger partial charge in [-0.05, 0) is 12.8 Å². The van der Waals surface area contributed by atoms with Crippen LogP contribution in [0.4, 0.5) is 0 Å². The normalized spacial score (nSPS) is 23.5. The fourth-order valence-corrected chi connectivity index (χ4v) is 5.00. The highest BCUT2D eigenvalue weighted by atomic mass is 33.1. The first-order chi connectivity index (χ1) is 11.6. The van der Waals surface area contributed by atoms with E-state index in [2.05, 4.69) is 0 Å². The van der Waals surface area contributed by atoms with Crippen molar-refractivity contribution in [3.8, 4) is 0 Å². The first-order valence-electron chi connectivity index (χ1n) is 7.46. The van der Waals surface area contributed by atoms with Gasteiger partial charge < -0.3 is 10.2 Å². The van der Waals surface area contributed by atoms with Crippen molar-refractivity contribution >= 4 is 33.5 Å². The predicted octanol–water partition coefficient (Wildman–Crippen LogP) is 4.57. The van der Waals surface area contributed by atoms with Gasteiger partial charge in [0.1, 0.15) is 0 Å². The van der Waals surface area contributed by atoms with E-state index in [-0.39, 0.29) is 11.8 Å². The summed E-state index contributed by atoms with van der Waals surface area (Å²) in [5, 5.41) is 18.2. The molecule has 0 bridgehead atoms. The summed E-state index contributed by atoms with van der Waals surface area (Å²) in [4.78, 5) is 23.6. The van der Waals surface area contributed by atoms with Gasteiger partial charge in [0.05, 0.1) is 0 Å². The maximum absolute atomic E-state index is 11.1. The van der Waals surface area contributed by atoms with Gasteiger partial charge in [-0.25, -0.2) is 9.59 Å². The van der Waals surface area contributed by atoms with Crippen molar-refractivity contribution in [2.24, 2.45) is 11.8 Å². The van der Waals surface area contributed by atoms with Gasteiger partial charge in [-0.2, -0.15) is 0 Å². The number of allylic oxidation sites excluding steroid dienone is 10. The molecule has 126 valence electrons. The first kappa shape index (κ1) is 18.4. The molecule has 2 unspecified atom stereocenters. The minimum absolute atomic E-state index is 0.0106. The Hall–Kier alpha value is -1.92. The molecule has 2 N–H and O–H groups in total. The second-order valence-corrected chi connectivity index (χ2v) is 7.52. The molecule has 2 aliphatic carbocycles. The van der Waals surface area contributed by atoms with Crippen LogP contribution in [0, 0.1) is 11.8 Å². The lowest BCUT2D eigenvalue weighted by Gasteiger charge is -2.19. The van der Waals surface area contributed by atoms with Gasteiger partial charge in [-0.3, -0.25) is 0 Å². The summed E-state index contributed by atoms with van der Waals surface area (Å²) in [6.45, 7) is 0. The van der Waals surface area contributed by atoms with Crippen LogP contribution in [0.5, 0.6) is 0 Å². The lowest BCUT2D eigenvalue weighted by Crippen LogP contribution is -2.04. The number of hydrogen-bond donors (Lipinski definition) is 2. The number of aliphatic carboxylic acids is 2. The Bertz CT molecular complexity index is 611. The van der Waals surface area contributed by atoms with Crippen LogP contribution in [0.15, 0.2) is 70.6 Å². The molecule has 0 saturated carbocycles. The van der Waals surface area contributed by atoms with Crippen molar-refractivity contribution in [3.05, 3.63) is 70.6 Å². The van der Waals surface area contributed by atoms with Gasteiger partial charge >= 0.3 is 11.9 Å². The number of hydrogen-bond acceptors (Lipinski definition) is 4. The van der Waals surface area contributed by atoms with E-state index in [9.17, 15) is 9.59 Å². The third-order valence-electron chi connectivity index (χ3n) is 3.46. The molecule has 0 aliphatic heterocycles. The summed E-state index contributed by atoms with van der Waals surface area (Å²) < 4.78 is 0. The molecule has 0 fully saturated rings. The highest BCUT2D eigenvalue weighted by Gasteiger charge is 2.19. The van der Waals surface area contributed by atoms with Gasteiger partial charge in [0.25, 0.3) is 0 Å².